The molecule has 7 nitrogen and oxygen atoms in total. The number of ether oxygens (including phenoxy) is 2. The van der Waals surface area contributed by atoms with E-state index in [-0.39, 0.29) is 0 Å². The number of anilines is 2. The third-order valence-electron chi connectivity index (χ3n) is 3.58. The second kappa shape index (κ2) is 7.73. The van der Waals surface area contributed by atoms with Gasteiger partial charge in [0.15, 0.2) is 0 Å². The van der Waals surface area contributed by atoms with Gasteiger partial charge in [-0.1, -0.05) is 6.07 Å². The van der Waals surface area contributed by atoms with Crippen LogP contribution in [0.5, 0.6) is 5.88 Å². The third-order valence-corrected chi connectivity index (χ3v) is 3.58. The summed E-state index contributed by atoms with van der Waals surface area (Å²) in [5.74, 6) is 1.99. The number of rotatable bonds is 6. The zero-order chi connectivity index (χ0) is 15.9. The van der Waals surface area contributed by atoms with Gasteiger partial charge < -0.3 is 19.7 Å². The lowest BCUT2D eigenvalue weighted by molar-refractivity contribution is 0.122. The second-order valence-electron chi connectivity index (χ2n) is 5.16. The summed E-state index contributed by atoms with van der Waals surface area (Å²) < 4.78 is 11.2. The maximum Gasteiger partial charge on any atom is 0.227 e. The maximum absolute atomic E-state index is 5.79. The van der Waals surface area contributed by atoms with E-state index in [1.165, 1.54) is 0 Å². The minimum atomic E-state index is 0.528. The van der Waals surface area contributed by atoms with Gasteiger partial charge in [-0.15, -0.1) is 0 Å². The highest BCUT2D eigenvalue weighted by molar-refractivity contribution is 5.47. The normalized spacial score (nSPS) is 14.6. The van der Waals surface area contributed by atoms with Gasteiger partial charge in [-0.2, -0.15) is 9.97 Å². The van der Waals surface area contributed by atoms with Crippen LogP contribution in [-0.4, -0.2) is 54.9 Å². The molecule has 0 bridgehead atoms. The highest BCUT2D eigenvalue weighted by atomic mass is 16.5. The summed E-state index contributed by atoms with van der Waals surface area (Å²) in [7, 11) is 1.80. The van der Waals surface area contributed by atoms with Gasteiger partial charge in [0.25, 0.3) is 0 Å². The molecule has 1 aliphatic heterocycles. The Morgan fingerprint density at radius 3 is 2.87 bits per heavy atom. The van der Waals surface area contributed by atoms with Crippen molar-refractivity contribution in [1.82, 2.24) is 15.0 Å². The van der Waals surface area contributed by atoms with Crippen LogP contribution in [0.25, 0.3) is 0 Å². The Morgan fingerprint density at radius 2 is 2.13 bits per heavy atom. The smallest absolute Gasteiger partial charge is 0.227 e. The van der Waals surface area contributed by atoms with E-state index in [9.17, 15) is 0 Å². The number of hydrogen-bond donors (Lipinski definition) is 1. The first kappa shape index (κ1) is 15.5. The van der Waals surface area contributed by atoms with E-state index in [0.29, 0.717) is 18.4 Å². The van der Waals surface area contributed by atoms with E-state index < -0.39 is 0 Å². The molecule has 0 unspecified atom stereocenters. The highest BCUT2D eigenvalue weighted by Crippen LogP contribution is 2.20. The number of nitrogens with one attached hydrogen (secondary N) is 1. The van der Waals surface area contributed by atoms with Crippen molar-refractivity contribution in [2.24, 2.45) is 0 Å². The lowest BCUT2D eigenvalue weighted by atomic mass is 10.3. The predicted octanol–water partition coefficient (Wildman–Crippen LogP) is 1.37. The molecule has 3 heterocycles. The number of nitrogens with zero attached hydrogens (tertiary/aromatic N) is 4. The number of aromatic nitrogens is 3. The fraction of sp³-hybridized carbons (Fsp3) is 0.438. The summed E-state index contributed by atoms with van der Waals surface area (Å²) in [5.41, 5.74) is 1.00. The summed E-state index contributed by atoms with van der Waals surface area (Å²) in [5, 5.41) is 2.98. The summed E-state index contributed by atoms with van der Waals surface area (Å²) in [6.07, 6.45) is 2.53. The highest BCUT2D eigenvalue weighted by Gasteiger charge is 2.15. The second-order valence-corrected chi connectivity index (χ2v) is 5.16. The first-order valence-corrected chi connectivity index (χ1v) is 7.77. The molecule has 3 rings (SSSR count). The van der Waals surface area contributed by atoms with E-state index >= 15 is 0 Å². The summed E-state index contributed by atoms with van der Waals surface area (Å²) in [6.45, 7) is 3.62. The standard InChI is InChI=1S/C16H21N5O2/c1-17-16-19-14(21-7-10-22-11-8-21)12-15(20-16)23-9-5-13-4-2-3-6-18-13/h2-4,6,12H,5,7-11H2,1H3,(H,17,19,20). The van der Waals surface area contributed by atoms with Crippen molar-refractivity contribution in [1.29, 1.82) is 0 Å². The molecule has 0 atom stereocenters. The minimum absolute atomic E-state index is 0.528. The summed E-state index contributed by atoms with van der Waals surface area (Å²) in [6, 6.07) is 7.75. The SMILES string of the molecule is CNc1nc(OCCc2ccccn2)cc(N2CCOCC2)n1. The lowest BCUT2D eigenvalue weighted by Gasteiger charge is -2.28. The molecule has 2 aromatic rings. The van der Waals surface area contributed by atoms with Gasteiger partial charge in [-0.05, 0) is 12.1 Å². The minimum Gasteiger partial charge on any atom is -0.477 e. The fourth-order valence-corrected chi connectivity index (χ4v) is 2.36. The van der Waals surface area contributed by atoms with Crippen LogP contribution in [0, 0.1) is 0 Å². The van der Waals surface area contributed by atoms with Crippen LogP contribution < -0.4 is 15.0 Å². The van der Waals surface area contributed by atoms with Crippen LogP contribution in [0.1, 0.15) is 5.69 Å². The van der Waals surface area contributed by atoms with Crippen molar-refractivity contribution >= 4 is 11.8 Å². The van der Waals surface area contributed by atoms with Gasteiger partial charge in [-0.25, -0.2) is 0 Å². The molecule has 2 aromatic heterocycles. The first-order valence-electron chi connectivity index (χ1n) is 7.77. The van der Waals surface area contributed by atoms with Gasteiger partial charge in [-0.3, -0.25) is 4.98 Å². The molecule has 0 aromatic carbocycles. The third kappa shape index (κ3) is 4.29. The van der Waals surface area contributed by atoms with E-state index in [4.69, 9.17) is 9.47 Å². The van der Waals surface area contributed by atoms with E-state index in [1.54, 1.807) is 13.2 Å². The first-order chi connectivity index (χ1) is 11.3. The molecule has 0 amide bonds. The van der Waals surface area contributed by atoms with Crippen LogP contribution in [0.4, 0.5) is 11.8 Å². The number of hydrogen-bond acceptors (Lipinski definition) is 7. The summed E-state index contributed by atoms with van der Waals surface area (Å²) in [4.78, 5) is 15.3. The monoisotopic (exact) mass is 315 g/mol. The topological polar surface area (TPSA) is 72.4 Å². The van der Waals surface area contributed by atoms with Crippen LogP contribution in [-0.2, 0) is 11.2 Å². The molecule has 0 saturated carbocycles. The van der Waals surface area contributed by atoms with Gasteiger partial charge in [0, 0.05) is 44.5 Å². The molecular weight excluding hydrogens is 294 g/mol. The van der Waals surface area contributed by atoms with Crippen molar-refractivity contribution in [3.8, 4) is 5.88 Å². The van der Waals surface area contributed by atoms with Crippen LogP contribution >= 0.6 is 0 Å². The zero-order valence-electron chi connectivity index (χ0n) is 13.2. The van der Waals surface area contributed by atoms with Crippen molar-refractivity contribution in [3.05, 3.63) is 36.2 Å². The van der Waals surface area contributed by atoms with Crippen LogP contribution in [0.2, 0.25) is 0 Å². The lowest BCUT2D eigenvalue weighted by Crippen LogP contribution is -2.36. The molecule has 1 aliphatic rings. The Balaban J connectivity index is 1.65. The number of pyridine rings is 1. The predicted molar refractivity (Wildman–Crippen MR) is 88.0 cm³/mol. The van der Waals surface area contributed by atoms with Crippen molar-refractivity contribution < 1.29 is 9.47 Å². The Morgan fingerprint density at radius 1 is 1.26 bits per heavy atom. The average Bonchev–Trinajstić information content (AvgIpc) is 2.63. The molecule has 122 valence electrons. The Bertz CT molecular complexity index is 617. The molecule has 0 spiro atoms. The van der Waals surface area contributed by atoms with Gasteiger partial charge in [0.2, 0.25) is 11.8 Å². The van der Waals surface area contributed by atoms with Crippen LogP contribution in [0.3, 0.4) is 0 Å². The summed E-state index contributed by atoms with van der Waals surface area (Å²) >= 11 is 0. The maximum atomic E-state index is 5.79. The molecule has 7 heteroatoms. The average molecular weight is 315 g/mol. The molecule has 1 saturated heterocycles. The van der Waals surface area contributed by atoms with Gasteiger partial charge in [0.1, 0.15) is 5.82 Å². The quantitative estimate of drug-likeness (QED) is 0.863. The fourth-order valence-electron chi connectivity index (χ4n) is 2.36. The van der Waals surface area contributed by atoms with E-state index in [0.717, 1.165) is 44.2 Å². The Hall–Kier alpha value is -2.41. The molecule has 1 N–H and O–H groups in total. The van der Waals surface area contributed by atoms with Crippen molar-refractivity contribution in [2.75, 3.05) is 50.2 Å². The molecule has 23 heavy (non-hydrogen) atoms. The number of morpholine rings is 1. The molecule has 1 fully saturated rings. The molecule has 0 aliphatic carbocycles. The van der Waals surface area contributed by atoms with E-state index in [1.807, 2.05) is 24.3 Å². The van der Waals surface area contributed by atoms with E-state index in [2.05, 4.69) is 25.2 Å². The Kier molecular flexibility index (Phi) is 5.21. The Labute approximate surface area is 135 Å². The van der Waals surface area contributed by atoms with Gasteiger partial charge in [0.05, 0.1) is 19.8 Å². The largest absolute Gasteiger partial charge is 0.477 e. The van der Waals surface area contributed by atoms with Crippen molar-refractivity contribution in [2.45, 2.75) is 6.42 Å². The van der Waals surface area contributed by atoms with Crippen molar-refractivity contribution in [3.63, 3.8) is 0 Å². The molecular formula is C16H21N5O2. The molecule has 0 radical (unpaired) electrons. The van der Waals surface area contributed by atoms with Crippen LogP contribution in [0.15, 0.2) is 30.5 Å². The zero-order valence-corrected chi connectivity index (χ0v) is 13.2. The van der Waals surface area contributed by atoms with Gasteiger partial charge >= 0.3 is 0 Å².